The highest BCUT2D eigenvalue weighted by Gasteiger charge is 2.16. The molecule has 0 heterocycles. The second-order valence-corrected chi connectivity index (χ2v) is 3.81. The molecule has 0 aromatic carbocycles. The van der Waals surface area contributed by atoms with Crippen LogP contribution in [0.1, 0.15) is 20.3 Å². The van der Waals surface area contributed by atoms with Crippen molar-refractivity contribution in [3.05, 3.63) is 0 Å². The third-order valence-electron chi connectivity index (χ3n) is 0.866. The summed E-state index contributed by atoms with van der Waals surface area (Å²) in [5.74, 6) is 0. The Labute approximate surface area is 55.0 Å². The maximum absolute atomic E-state index is 12.3. The summed E-state index contributed by atoms with van der Waals surface area (Å²) >= 11 is 0. The van der Waals surface area contributed by atoms with Gasteiger partial charge in [0.1, 0.15) is 0 Å². The van der Waals surface area contributed by atoms with Crippen LogP contribution in [0.4, 0.5) is 4.20 Å². The van der Waals surface area contributed by atoms with E-state index in [1.165, 1.54) is 6.92 Å². The van der Waals surface area contributed by atoms with Crippen molar-refractivity contribution in [2.75, 3.05) is 12.8 Å². The van der Waals surface area contributed by atoms with Crippen LogP contribution in [0, 0.1) is 0 Å². The van der Waals surface area contributed by atoms with E-state index in [1.54, 1.807) is 0 Å². The fraction of sp³-hybridized carbons (Fsp3) is 1.00. The molecule has 56 valence electrons. The molecule has 1 unspecified atom stereocenters. The van der Waals surface area contributed by atoms with Crippen molar-refractivity contribution in [3.63, 3.8) is 0 Å². The molecular weight excluding hydrogens is 142 g/mol. The standard InChI is InChI=1S/C5H12FO2P/c1-3-5-8-9(6,7)4-2/h3-5H2,1-2H3. The van der Waals surface area contributed by atoms with Crippen LogP contribution < -0.4 is 0 Å². The van der Waals surface area contributed by atoms with Crippen LogP contribution in [-0.2, 0) is 9.09 Å². The van der Waals surface area contributed by atoms with E-state index in [4.69, 9.17) is 0 Å². The third-order valence-corrected chi connectivity index (χ3v) is 2.19. The number of hydrogen-bond donors (Lipinski definition) is 0. The van der Waals surface area contributed by atoms with Gasteiger partial charge in [-0.05, 0) is 6.42 Å². The highest BCUT2D eigenvalue weighted by Crippen LogP contribution is 2.47. The van der Waals surface area contributed by atoms with Gasteiger partial charge in [-0.2, -0.15) is 4.20 Å². The fourth-order valence-electron chi connectivity index (χ4n) is 0.319. The number of halogens is 1. The Morgan fingerprint density at radius 2 is 2.11 bits per heavy atom. The Hall–Kier alpha value is 0.120. The smallest absolute Gasteiger partial charge is 0.306 e. The molecule has 4 heteroatoms. The molecule has 1 atom stereocenters. The van der Waals surface area contributed by atoms with Gasteiger partial charge in [-0.25, -0.2) is 0 Å². The summed E-state index contributed by atoms with van der Waals surface area (Å²) in [6, 6.07) is 0. The highest BCUT2D eigenvalue weighted by atomic mass is 31.2. The molecule has 0 aliphatic carbocycles. The van der Waals surface area contributed by atoms with Crippen molar-refractivity contribution in [2.45, 2.75) is 20.3 Å². The summed E-state index contributed by atoms with van der Waals surface area (Å²) in [6.45, 7) is 3.60. The van der Waals surface area contributed by atoms with Gasteiger partial charge in [0.05, 0.1) is 12.8 Å². The molecule has 0 radical (unpaired) electrons. The molecule has 0 N–H and O–H groups in total. The Morgan fingerprint density at radius 3 is 2.44 bits per heavy atom. The van der Waals surface area contributed by atoms with Crippen LogP contribution in [0.25, 0.3) is 0 Å². The molecule has 0 bridgehead atoms. The minimum absolute atomic E-state index is 0.0208. The molecule has 9 heavy (non-hydrogen) atoms. The summed E-state index contributed by atoms with van der Waals surface area (Å²) in [7, 11) is -3.69. The van der Waals surface area contributed by atoms with Crippen LogP contribution in [-0.4, -0.2) is 12.8 Å². The van der Waals surface area contributed by atoms with Crippen molar-refractivity contribution < 1.29 is 13.3 Å². The van der Waals surface area contributed by atoms with E-state index in [0.29, 0.717) is 6.42 Å². The third kappa shape index (κ3) is 4.61. The molecule has 0 saturated heterocycles. The van der Waals surface area contributed by atoms with E-state index in [1.807, 2.05) is 6.92 Å². The van der Waals surface area contributed by atoms with Gasteiger partial charge < -0.3 is 4.52 Å². The zero-order valence-corrected chi connectivity index (χ0v) is 6.66. The fourth-order valence-corrected chi connectivity index (χ4v) is 0.957. The normalized spacial score (nSPS) is 17.2. The van der Waals surface area contributed by atoms with Gasteiger partial charge in [-0.15, -0.1) is 0 Å². The first kappa shape index (κ1) is 9.12. The van der Waals surface area contributed by atoms with Gasteiger partial charge in [0, 0.05) is 0 Å². The van der Waals surface area contributed by atoms with Gasteiger partial charge in [0.25, 0.3) is 0 Å². The highest BCUT2D eigenvalue weighted by molar-refractivity contribution is 7.53. The number of hydrogen-bond acceptors (Lipinski definition) is 2. The minimum atomic E-state index is -3.69. The van der Waals surface area contributed by atoms with Crippen LogP contribution in [0.15, 0.2) is 0 Å². The Bertz CT molecular complexity index is 116. The van der Waals surface area contributed by atoms with Crippen LogP contribution >= 0.6 is 7.68 Å². The van der Waals surface area contributed by atoms with E-state index in [-0.39, 0.29) is 12.8 Å². The zero-order chi connectivity index (χ0) is 7.33. The van der Waals surface area contributed by atoms with Gasteiger partial charge in [0.15, 0.2) is 0 Å². The minimum Gasteiger partial charge on any atom is -0.306 e. The van der Waals surface area contributed by atoms with Gasteiger partial charge in [-0.1, -0.05) is 13.8 Å². The molecular formula is C5H12FO2P. The lowest BCUT2D eigenvalue weighted by Crippen LogP contribution is -1.88. The summed E-state index contributed by atoms with van der Waals surface area (Å²) in [5.41, 5.74) is 0. The van der Waals surface area contributed by atoms with E-state index < -0.39 is 7.68 Å². The monoisotopic (exact) mass is 154 g/mol. The molecule has 2 nitrogen and oxygen atoms in total. The molecule has 0 aliphatic heterocycles. The Kier molecular flexibility index (Phi) is 4.07. The summed E-state index contributed by atoms with van der Waals surface area (Å²) in [5, 5.41) is 0. The molecule has 0 spiro atoms. The molecule has 0 rings (SSSR count). The van der Waals surface area contributed by atoms with Crippen molar-refractivity contribution >= 4 is 7.68 Å². The van der Waals surface area contributed by atoms with E-state index in [0.717, 1.165) is 0 Å². The predicted molar refractivity (Wildman–Crippen MR) is 35.5 cm³/mol. The van der Waals surface area contributed by atoms with Crippen molar-refractivity contribution in [1.82, 2.24) is 0 Å². The lowest BCUT2D eigenvalue weighted by atomic mass is 10.5. The van der Waals surface area contributed by atoms with Crippen LogP contribution in [0.5, 0.6) is 0 Å². The van der Waals surface area contributed by atoms with Crippen molar-refractivity contribution in [3.8, 4) is 0 Å². The average Bonchev–Trinajstić information content (AvgIpc) is 1.84. The Morgan fingerprint density at radius 1 is 1.56 bits per heavy atom. The van der Waals surface area contributed by atoms with Crippen molar-refractivity contribution in [1.29, 1.82) is 0 Å². The van der Waals surface area contributed by atoms with Crippen molar-refractivity contribution in [2.24, 2.45) is 0 Å². The topological polar surface area (TPSA) is 26.3 Å². The Balaban J connectivity index is 3.46. The van der Waals surface area contributed by atoms with Gasteiger partial charge >= 0.3 is 7.68 Å². The predicted octanol–water partition coefficient (Wildman–Crippen LogP) is 2.60. The molecule has 0 aromatic heterocycles. The summed E-state index contributed by atoms with van der Waals surface area (Å²) < 4.78 is 27.2. The van der Waals surface area contributed by atoms with E-state index in [9.17, 15) is 8.76 Å². The van der Waals surface area contributed by atoms with E-state index >= 15 is 0 Å². The lowest BCUT2D eigenvalue weighted by Gasteiger charge is -2.04. The van der Waals surface area contributed by atoms with Gasteiger partial charge in [-0.3, -0.25) is 4.57 Å². The number of rotatable bonds is 4. The first-order chi connectivity index (χ1) is 4.12. The quantitative estimate of drug-likeness (QED) is 0.581. The largest absolute Gasteiger partial charge is 0.367 e. The molecule has 0 amide bonds. The molecule has 0 aromatic rings. The summed E-state index contributed by atoms with van der Waals surface area (Å²) in [6.07, 6.45) is 0.681. The molecule has 0 fully saturated rings. The second-order valence-electron chi connectivity index (χ2n) is 1.74. The SMILES string of the molecule is CCCOP(=O)(F)CC. The van der Waals surface area contributed by atoms with Crippen LogP contribution in [0.2, 0.25) is 0 Å². The average molecular weight is 154 g/mol. The lowest BCUT2D eigenvalue weighted by molar-refractivity contribution is 0.288. The second kappa shape index (κ2) is 4.02. The van der Waals surface area contributed by atoms with Gasteiger partial charge in [0.2, 0.25) is 0 Å². The molecule has 0 aliphatic rings. The first-order valence-electron chi connectivity index (χ1n) is 3.05. The maximum Gasteiger partial charge on any atom is 0.367 e. The zero-order valence-electron chi connectivity index (χ0n) is 5.76. The summed E-state index contributed by atoms with van der Waals surface area (Å²) in [4.78, 5) is 0. The molecule has 0 saturated carbocycles. The first-order valence-corrected chi connectivity index (χ1v) is 4.75. The maximum atomic E-state index is 12.3. The van der Waals surface area contributed by atoms with Crippen LogP contribution in [0.3, 0.4) is 0 Å². The van der Waals surface area contributed by atoms with E-state index in [2.05, 4.69) is 4.52 Å².